The number of para-hydroxylation sites is 1. The number of amides is 2. The van der Waals surface area contributed by atoms with Crippen LogP contribution in [0.4, 0.5) is 10.8 Å². The van der Waals surface area contributed by atoms with Crippen LogP contribution in [-0.4, -0.2) is 23.9 Å². The Bertz CT molecular complexity index is 1180. The van der Waals surface area contributed by atoms with Crippen LogP contribution in [-0.2, 0) is 4.79 Å². The van der Waals surface area contributed by atoms with Crippen LogP contribution in [0.2, 0.25) is 0 Å². The molecule has 2 aromatic heterocycles. The minimum atomic E-state index is -0.394. The third-order valence-electron chi connectivity index (χ3n) is 3.88. The van der Waals surface area contributed by atoms with Gasteiger partial charge in [0.25, 0.3) is 5.91 Å². The lowest BCUT2D eigenvalue weighted by Crippen LogP contribution is -2.10. The summed E-state index contributed by atoms with van der Waals surface area (Å²) in [5.41, 5.74) is 1.94. The van der Waals surface area contributed by atoms with Crippen LogP contribution in [0.15, 0.2) is 46.9 Å². The van der Waals surface area contributed by atoms with Gasteiger partial charge in [0.2, 0.25) is 5.91 Å². The maximum atomic E-state index is 12.5. The highest BCUT2D eigenvalue weighted by molar-refractivity contribution is 7.22. The van der Waals surface area contributed by atoms with Gasteiger partial charge in [0.1, 0.15) is 0 Å². The summed E-state index contributed by atoms with van der Waals surface area (Å²) in [7, 11) is 1.55. The Morgan fingerprint density at radius 1 is 1.15 bits per heavy atom. The van der Waals surface area contributed by atoms with Gasteiger partial charge < -0.3 is 14.5 Å². The number of nitrogens with zero attached hydrogens (tertiary/aromatic N) is 1. The molecule has 0 aliphatic heterocycles. The van der Waals surface area contributed by atoms with Crippen LogP contribution < -0.4 is 15.4 Å². The molecule has 2 aromatic carbocycles. The number of fused-ring (bicyclic) bond motifs is 2. The summed E-state index contributed by atoms with van der Waals surface area (Å²) in [5, 5.41) is 6.71. The van der Waals surface area contributed by atoms with E-state index in [1.54, 1.807) is 31.4 Å². The molecule has 2 heterocycles. The molecule has 0 saturated carbocycles. The number of benzene rings is 2. The van der Waals surface area contributed by atoms with Gasteiger partial charge in [-0.3, -0.25) is 14.9 Å². The Hall–Kier alpha value is -3.39. The van der Waals surface area contributed by atoms with Crippen molar-refractivity contribution in [2.24, 2.45) is 0 Å². The molecular formula is C19H15N3O4S. The van der Waals surface area contributed by atoms with Crippen LogP contribution >= 0.6 is 11.3 Å². The molecular weight excluding hydrogens is 366 g/mol. The van der Waals surface area contributed by atoms with Crippen molar-refractivity contribution in [3.8, 4) is 5.75 Å². The van der Waals surface area contributed by atoms with Crippen LogP contribution in [0.3, 0.4) is 0 Å². The van der Waals surface area contributed by atoms with E-state index < -0.39 is 5.91 Å². The first kappa shape index (κ1) is 17.0. The molecule has 0 unspecified atom stereocenters. The molecule has 0 radical (unpaired) electrons. The number of hydrogen-bond acceptors (Lipinski definition) is 6. The average Bonchev–Trinajstić information content (AvgIpc) is 3.23. The molecule has 4 aromatic rings. The minimum Gasteiger partial charge on any atom is -0.493 e. The highest BCUT2D eigenvalue weighted by Crippen LogP contribution is 2.31. The van der Waals surface area contributed by atoms with Gasteiger partial charge in [-0.15, -0.1) is 0 Å². The quantitative estimate of drug-likeness (QED) is 0.551. The Kier molecular flexibility index (Phi) is 4.25. The predicted molar refractivity (Wildman–Crippen MR) is 105 cm³/mol. The first-order valence-corrected chi connectivity index (χ1v) is 8.91. The van der Waals surface area contributed by atoms with E-state index in [9.17, 15) is 9.59 Å². The predicted octanol–water partition coefficient (Wildman–Crippen LogP) is 4.26. The van der Waals surface area contributed by atoms with Crippen LogP contribution in [0.1, 0.15) is 17.5 Å². The molecule has 0 bridgehead atoms. The molecule has 136 valence electrons. The molecule has 4 rings (SSSR count). The van der Waals surface area contributed by atoms with E-state index in [0.717, 1.165) is 15.6 Å². The number of aromatic nitrogens is 1. The van der Waals surface area contributed by atoms with Gasteiger partial charge in [0.05, 0.1) is 17.3 Å². The van der Waals surface area contributed by atoms with Gasteiger partial charge in [-0.1, -0.05) is 23.5 Å². The maximum absolute atomic E-state index is 12.5. The van der Waals surface area contributed by atoms with Crippen molar-refractivity contribution in [3.63, 3.8) is 0 Å². The molecule has 27 heavy (non-hydrogen) atoms. The second kappa shape index (κ2) is 6.73. The number of thiazole rings is 1. The lowest BCUT2D eigenvalue weighted by Gasteiger charge is -1.99. The number of hydrogen-bond donors (Lipinski definition) is 2. The summed E-state index contributed by atoms with van der Waals surface area (Å²) >= 11 is 1.32. The largest absolute Gasteiger partial charge is 0.493 e. The van der Waals surface area contributed by atoms with Crippen molar-refractivity contribution in [2.45, 2.75) is 6.92 Å². The van der Waals surface area contributed by atoms with Crippen molar-refractivity contribution in [1.29, 1.82) is 0 Å². The number of methoxy groups -OCH3 is 1. The molecule has 0 fully saturated rings. The summed E-state index contributed by atoms with van der Waals surface area (Å²) in [6.45, 7) is 1.45. The highest BCUT2D eigenvalue weighted by Gasteiger charge is 2.16. The number of ether oxygens (including phenoxy) is 1. The van der Waals surface area contributed by atoms with Gasteiger partial charge in [0.15, 0.2) is 22.2 Å². The molecule has 0 atom stereocenters. The first-order chi connectivity index (χ1) is 13.0. The Morgan fingerprint density at radius 2 is 2.00 bits per heavy atom. The Morgan fingerprint density at radius 3 is 2.78 bits per heavy atom. The molecule has 0 aliphatic rings. The summed E-state index contributed by atoms with van der Waals surface area (Å²) in [4.78, 5) is 28.1. The molecule has 7 nitrogen and oxygen atoms in total. The fraction of sp³-hybridized carbons (Fsp3) is 0.105. The molecule has 2 amide bonds. The van der Waals surface area contributed by atoms with Crippen LogP contribution in [0, 0.1) is 0 Å². The van der Waals surface area contributed by atoms with E-state index in [2.05, 4.69) is 15.6 Å². The van der Waals surface area contributed by atoms with E-state index >= 15 is 0 Å². The second-order valence-electron chi connectivity index (χ2n) is 5.83. The Balaban J connectivity index is 1.60. The smallest absolute Gasteiger partial charge is 0.293 e. The van der Waals surface area contributed by atoms with Crippen molar-refractivity contribution < 1.29 is 18.7 Å². The zero-order valence-corrected chi connectivity index (χ0v) is 15.3. The monoisotopic (exact) mass is 381 g/mol. The number of rotatable bonds is 4. The first-order valence-electron chi connectivity index (χ1n) is 8.09. The third-order valence-corrected chi connectivity index (χ3v) is 4.81. The van der Waals surface area contributed by atoms with Crippen molar-refractivity contribution >= 4 is 55.2 Å². The molecule has 8 heteroatoms. The molecule has 2 N–H and O–H groups in total. The zero-order chi connectivity index (χ0) is 19.0. The SMILES string of the molecule is COc1cccc2cc(C(=O)Nc3nc4ccc(NC(C)=O)cc4s3)oc12. The molecule has 0 saturated heterocycles. The van der Waals surface area contributed by atoms with Crippen LogP contribution in [0.5, 0.6) is 5.75 Å². The lowest BCUT2D eigenvalue weighted by molar-refractivity contribution is -0.114. The van der Waals surface area contributed by atoms with E-state index in [1.165, 1.54) is 18.3 Å². The zero-order valence-electron chi connectivity index (χ0n) is 14.5. The molecule has 0 spiro atoms. The van der Waals surface area contributed by atoms with Gasteiger partial charge in [0, 0.05) is 18.0 Å². The number of nitrogens with one attached hydrogen (secondary N) is 2. The standard InChI is InChI=1S/C19H15N3O4S/c1-10(23)20-12-6-7-13-16(9-12)27-19(21-13)22-18(24)15-8-11-4-3-5-14(25-2)17(11)26-15/h3-9H,1-2H3,(H,20,23)(H,21,22,24). The molecule has 0 aliphatic carbocycles. The lowest BCUT2D eigenvalue weighted by atomic mass is 10.2. The number of furan rings is 1. The van der Waals surface area contributed by atoms with Gasteiger partial charge in [-0.05, 0) is 30.3 Å². The number of carbonyl (C=O) groups is 2. The normalized spacial score (nSPS) is 10.9. The van der Waals surface area contributed by atoms with Gasteiger partial charge in [-0.2, -0.15) is 0 Å². The average molecular weight is 381 g/mol. The summed E-state index contributed by atoms with van der Waals surface area (Å²) < 4.78 is 11.8. The fourth-order valence-corrected chi connectivity index (χ4v) is 3.63. The van der Waals surface area contributed by atoms with E-state index in [0.29, 0.717) is 22.2 Å². The fourth-order valence-electron chi connectivity index (χ4n) is 2.73. The minimum absolute atomic E-state index is 0.146. The summed E-state index contributed by atoms with van der Waals surface area (Å²) in [5.74, 6) is 0.201. The maximum Gasteiger partial charge on any atom is 0.293 e. The van der Waals surface area contributed by atoms with Crippen molar-refractivity contribution in [1.82, 2.24) is 4.98 Å². The van der Waals surface area contributed by atoms with E-state index in [1.807, 2.05) is 18.2 Å². The van der Waals surface area contributed by atoms with Crippen molar-refractivity contribution in [3.05, 3.63) is 48.2 Å². The highest BCUT2D eigenvalue weighted by atomic mass is 32.1. The topological polar surface area (TPSA) is 93.5 Å². The van der Waals surface area contributed by atoms with Gasteiger partial charge in [-0.25, -0.2) is 4.98 Å². The van der Waals surface area contributed by atoms with Gasteiger partial charge >= 0.3 is 0 Å². The summed E-state index contributed by atoms with van der Waals surface area (Å²) in [6, 6.07) is 12.5. The second-order valence-corrected chi connectivity index (χ2v) is 6.86. The van der Waals surface area contributed by atoms with E-state index in [4.69, 9.17) is 9.15 Å². The number of carbonyl (C=O) groups excluding carboxylic acids is 2. The van der Waals surface area contributed by atoms with Crippen molar-refractivity contribution in [2.75, 3.05) is 17.7 Å². The number of anilines is 2. The van der Waals surface area contributed by atoms with Crippen LogP contribution in [0.25, 0.3) is 21.2 Å². The third kappa shape index (κ3) is 3.34. The Labute approximate surface area is 158 Å². The summed E-state index contributed by atoms with van der Waals surface area (Å²) in [6.07, 6.45) is 0. The van der Waals surface area contributed by atoms with E-state index in [-0.39, 0.29) is 11.7 Å².